The van der Waals surface area contributed by atoms with E-state index >= 15 is 0 Å². The van der Waals surface area contributed by atoms with Crippen LogP contribution in [0.2, 0.25) is 0 Å². The van der Waals surface area contributed by atoms with Crippen LogP contribution in [0.15, 0.2) is 48.5 Å². The highest BCUT2D eigenvalue weighted by molar-refractivity contribution is 5.95. The van der Waals surface area contributed by atoms with Crippen LogP contribution in [-0.4, -0.2) is 24.9 Å². The molecule has 0 bridgehead atoms. The summed E-state index contributed by atoms with van der Waals surface area (Å²) in [5, 5.41) is 6.37. The Labute approximate surface area is 158 Å². The Kier molecular flexibility index (Phi) is 4.58. The Morgan fingerprint density at radius 2 is 1.81 bits per heavy atom. The molecule has 2 amide bonds. The molecule has 4 N–H and O–H groups in total. The zero-order valence-electron chi connectivity index (χ0n) is 15.0. The molecule has 6 heteroatoms. The third-order valence-electron chi connectivity index (χ3n) is 5.58. The van der Waals surface area contributed by atoms with Gasteiger partial charge in [0, 0.05) is 17.2 Å². The number of anilines is 1. The van der Waals surface area contributed by atoms with E-state index in [1.54, 1.807) is 36.4 Å². The van der Waals surface area contributed by atoms with Crippen LogP contribution < -0.4 is 21.1 Å². The van der Waals surface area contributed by atoms with Crippen molar-refractivity contribution in [1.82, 2.24) is 5.32 Å². The van der Waals surface area contributed by atoms with Crippen LogP contribution in [0.3, 0.4) is 0 Å². The normalized spacial score (nSPS) is 20.1. The molecule has 2 aromatic carbocycles. The molecule has 0 aromatic heterocycles. The molecule has 2 aromatic rings. The number of nitrogens with two attached hydrogens (primary N) is 1. The Morgan fingerprint density at radius 1 is 1.07 bits per heavy atom. The molecule has 140 valence electrons. The van der Waals surface area contributed by atoms with Crippen LogP contribution in [0.5, 0.6) is 11.5 Å². The molecule has 1 aliphatic heterocycles. The summed E-state index contributed by atoms with van der Waals surface area (Å²) in [6.07, 6.45) is 3.17. The highest BCUT2D eigenvalue weighted by atomic mass is 16.5. The molecule has 6 nitrogen and oxygen atoms in total. The number of primary amides is 1. The molecule has 27 heavy (non-hydrogen) atoms. The molecule has 1 aliphatic carbocycles. The van der Waals surface area contributed by atoms with Crippen LogP contribution >= 0.6 is 0 Å². The minimum atomic E-state index is -0.495. The van der Waals surface area contributed by atoms with E-state index in [2.05, 4.69) is 10.6 Å². The molecular formula is C21H23N3O3. The van der Waals surface area contributed by atoms with Crippen molar-refractivity contribution in [2.75, 3.05) is 18.4 Å². The molecule has 1 saturated carbocycles. The first-order valence-corrected chi connectivity index (χ1v) is 9.25. The maximum absolute atomic E-state index is 12.5. The number of rotatable bonds is 5. The summed E-state index contributed by atoms with van der Waals surface area (Å²) < 4.78 is 5.75. The van der Waals surface area contributed by atoms with Crippen LogP contribution in [0, 0.1) is 11.3 Å². The highest BCUT2D eigenvalue weighted by Crippen LogP contribution is 2.58. The summed E-state index contributed by atoms with van der Waals surface area (Å²) in [4.78, 5) is 23.8. The second kappa shape index (κ2) is 7.04. The average Bonchev–Trinajstić information content (AvgIpc) is 3.37. The second-order valence-electron chi connectivity index (χ2n) is 7.38. The zero-order valence-corrected chi connectivity index (χ0v) is 15.0. The quantitative estimate of drug-likeness (QED) is 0.759. The lowest BCUT2D eigenvalue weighted by atomic mass is 9.92. The van der Waals surface area contributed by atoms with Gasteiger partial charge in [0.25, 0.3) is 0 Å². The number of hydrogen-bond acceptors (Lipinski definition) is 4. The summed E-state index contributed by atoms with van der Waals surface area (Å²) in [5.74, 6) is 0.904. The molecule has 1 atom stereocenters. The largest absolute Gasteiger partial charge is 0.457 e. The van der Waals surface area contributed by atoms with E-state index in [1.807, 2.05) is 12.1 Å². The fourth-order valence-electron chi connectivity index (χ4n) is 3.88. The van der Waals surface area contributed by atoms with Crippen molar-refractivity contribution in [3.8, 4) is 11.5 Å². The van der Waals surface area contributed by atoms with Gasteiger partial charge in [-0.25, -0.2) is 0 Å². The molecular weight excluding hydrogens is 342 g/mol. The Hall–Kier alpha value is -2.86. The first-order chi connectivity index (χ1) is 13.1. The number of ether oxygens (including phenoxy) is 1. The van der Waals surface area contributed by atoms with E-state index in [0.29, 0.717) is 17.1 Å². The van der Waals surface area contributed by atoms with Gasteiger partial charge in [-0.3, -0.25) is 9.59 Å². The van der Waals surface area contributed by atoms with Crippen LogP contribution in [0.25, 0.3) is 0 Å². The van der Waals surface area contributed by atoms with Gasteiger partial charge in [-0.05, 0) is 80.2 Å². The van der Waals surface area contributed by atoms with Gasteiger partial charge < -0.3 is 21.1 Å². The third kappa shape index (κ3) is 3.80. The van der Waals surface area contributed by atoms with E-state index in [-0.39, 0.29) is 17.2 Å². The van der Waals surface area contributed by atoms with Gasteiger partial charge in [0.2, 0.25) is 11.8 Å². The summed E-state index contributed by atoms with van der Waals surface area (Å²) in [5.41, 5.74) is 6.67. The van der Waals surface area contributed by atoms with Crippen molar-refractivity contribution < 1.29 is 14.3 Å². The van der Waals surface area contributed by atoms with Crippen LogP contribution in [0.4, 0.5) is 5.69 Å². The molecule has 1 unspecified atom stereocenters. The smallest absolute Gasteiger partial charge is 0.248 e. The van der Waals surface area contributed by atoms with Gasteiger partial charge in [0.05, 0.1) is 0 Å². The van der Waals surface area contributed by atoms with Crippen molar-refractivity contribution in [3.05, 3.63) is 54.1 Å². The van der Waals surface area contributed by atoms with Crippen molar-refractivity contribution in [2.24, 2.45) is 17.1 Å². The monoisotopic (exact) mass is 365 g/mol. The average molecular weight is 365 g/mol. The molecule has 0 radical (unpaired) electrons. The Bertz CT molecular complexity index is 857. The molecule has 2 aliphatic rings. The summed E-state index contributed by atoms with van der Waals surface area (Å²) >= 11 is 0. The fourth-order valence-corrected chi connectivity index (χ4v) is 3.88. The summed E-state index contributed by atoms with van der Waals surface area (Å²) in [7, 11) is 0. The van der Waals surface area contributed by atoms with Crippen LogP contribution in [0.1, 0.15) is 29.6 Å². The van der Waals surface area contributed by atoms with Gasteiger partial charge in [-0.1, -0.05) is 6.07 Å². The first kappa shape index (κ1) is 17.5. The summed E-state index contributed by atoms with van der Waals surface area (Å²) in [6.45, 7) is 2.01. The zero-order chi connectivity index (χ0) is 18.9. The Morgan fingerprint density at radius 3 is 2.52 bits per heavy atom. The number of piperidine rings is 1. The predicted octanol–water partition coefficient (Wildman–Crippen LogP) is 2.91. The van der Waals surface area contributed by atoms with Crippen molar-refractivity contribution >= 4 is 17.5 Å². The van der Waals surface area contributed by atoms with E-state index in [0.717, 1.165) is 38.0 Å². The van der Waals surface area contributed by atoms with E-state index in [4.69, 9.17) is 10.5 Å². The SMILES string of the molecule is NC(=O)c1cccc(Oc2ccc(NC(=O)C3CC34CCNCC4)cc2)c1. The number of benzene rings is 2. The third-order valence-corrected chi connectivity index (χ3v) is 5.58. The maximum Gasteiger partial charge on any atom is 0.248 e. The lowest BCUT2D eigenvalue weighted by molar-refractivity contribution is -0.118. The van der Waals surface area contributed by atoms with E-state index < -0.39 is 5.91 Å². The minimum absolute atomic E-state index is 0.111. The number of carbonyl (C=O) groups is 2. The fraction of sp³-hybridized carbons (Fsp3) is 0.333. The molecule has 1 saturated heterocycles. The van der Waals surface area contributed by atoms with Crippen LogP contribution in [-0.2, 0) is 4.79 Å². The maximum atomic E-state index is 12.5. The lowest BCUT2D eigenvalue weighted by Crippen LogP contribution is -2.31. The predicted molar refractivity (Wildman–Crippen MR) is 103 cm³/mol. The summed E-state index contributed by atoms with van der Waals surface area (Å²) in [6, 6.07) is 13.9. The van der Waals surface area contributed by atoms with Crippen molar-refractivity contribution in [1.29, 1.82) is 0 Å². The second-order valence-corrected chi connectivity index (χ2v) is 7.38. The highest BCUT2D eigenvalue weighted by Gasteiger charge is 2.57. The molecule has 2 fully saturated rings. The lowest BCUT2D eigenvalue weighted by Gasteiger charge is -2.23. The minimum Gasteiger partial charge on any atom is -0.457 e. The van der Waals surface area contributed by atoms with Crippen molar-refractivity contribution in [2.45, 2.75) is 19.3 Å². The molecule has 1 spiro atoms. The topological polar surface area (TPSA) is 93.5 Å². The van der Waals surface area contributed by atoms with Crippen molar-refractivity contribution in [3.63, 3.8) is 0 Å². The van der Waals surface area contributed by atoms with Gasteiger partial charge in [0.1, 0.15) is 11.5 Å². The van der Waals surface area contributed by atoms with Gasteiger partial charge in [-0.2, -0.15) is 0 Å². The van der Waals surface area contributed by atoms with E-state index in [1.165, 1.54) is 0 Å². The van der Waals surface area contributed by atoms with E-state index in [9.17, 15) is 9.59 Å². The molecule has 1 heterocycles. The van der Waals surface area contributed by atoms with Gasteiger partial charge in [0.15, 0.2) is 0 Å². The number of amides is 2. The molecule has 4 rings (SSSR count). The number of hydrogen-bond donors (Lipinski definition) is 3. The Balaban J connectivity index is 1.36. The van der Waals surface area contributed by atoms with Gasteiger partial charge >= 0.3 is 0 Å². The number of carbonyl (C=O) groups excluding carboxylic acids is 2. The standard InChI is InChI=1S/C21H23N3O3/c22-19(25)14-2-1-3-17(12-14)27-16-6-4-15(5-7-16)24-20(26)18-13-21(18)8-10-23-11-9-21/h1-7,12,18,23H,8-11,13H2,(H2,22,25)(H,24,26). The first-order valence-electron chi connectivity index (χ1n) is 9.25. The van der Waals surface area contributed by atoms with Gasteiger partial charge in [-0.15, -0.1) is 0 Å². The number of nitrogens with one attached hydrogen (secondary N) is 2.